The molecule has 0 aromatic carbocycles. The minimum Gasteiger partial charge on any atom is -0.438 e. The molecule has 0 saturated carbocycles. The molecule has 2 N–H and O–H groups in total. The lowest BCUT2D eigenvalue weighted by Gasteiger charge is -2.18. The van der Waals surface area contributed by atoms with Crippen LogP contribution in [-0.4, -0.2) is 67.5 Å². The quantitative estimate of drug-likeness (QED) is 0.313. The number of carbonyl (C=O) groups is 2. The normalized spacial score (nSPS) is 30.3. The lowest BCUT2D eigenvalue weighted by atomic mass is 9.93. The number of hydrogen-bond donors (Lipinski definition) is 2. The van der Waals surface area contributed by atoms with Crippen molar-refractivity contribution in [1.82, 2.24) is 0 Å². The molecule has 0 aromatic heterocycles. The largest absolute Gasteiger partial charge is 0.438 e. The number of aliphatic hydroxyl groups is 2. The van der Waals surface area contributed by atoms with Gasteiger partial charge in [0.15, 0.2) is 6.79 Å². The van der Waals surface area contributed by atoms with Crippen molar-refractivity contribution in [3.05, 3.63) is 0 Å². The molecule has 1 aliphatic heterocycles. The molecule has 1 saturated heterocycles. The van der Waals surface area contributed by atoms with E-state index in [4.69, 9.17) is 19.3 Å². The zero-order valence-corrected chi connectivity index (χ0v) is 11.1. The first kappa shape index (κ1) is 16.1. The summed E-state index contributed by atoms with van der Waals surface area (Å²) in [7, 11) is 1.70. The Bertz CT molecular complexity index is 322. The van der Waals surface area contributed by atoms with Crippen LogP contribution in [0.2, 0.25) is 0 Å². The molecule has 0 radical (unpaired) electrons. The van der Waals surface area contributed by atoms with Crippen molar-refractivity contribution in [1.29, 1.82) is 0 Å². The second-order valence-electron chi connectivity index (χ2n) is 4.52. The molecule has 0 aliphatic carbocycles. The fourth-order valence-corrected chi connectivity index (χ4v) is 1.84. The summed E-state index contributed by atoms with van der Waals surface area (Å²) in [5.41, 5.74) is 0. The van der Waals surface area contributed by atoms with Gasteiger partial charge in [-0.05, 0) is 6.92 Å². The summed E-state index contributed by atoms with van der Waals surface area (Å²) in [6.07, 6.45) is -2.16. The Balaban J connectivity index is 2.25. The fourth-order valence-electron chi connectivity index (χ4n) is 1.84. The number of Topliss-reactive ketones (excluding diaryl/α,β-unsaturated/α-hetero) is 1. The van der Waals surface area contributed by atoms with Crippen LogP contribution < -0.4 is 0 Å². The van der Waals surface area contributed by atoms with E-state index in [-0.39, 0.29) is 32.0 Å². The predicted molar refractivity (Wildman–Crippen MR) is 66.0 cm³/mol. The van der Waals surface area contributed by atoms with E-state index in [9.17, 15) is 14.7 Å². The van der Waals surface area contributed by atoms with E-state index < -0.39 is 30.3 Å². The number of aliphatic hydroxyl groups excluding tert-OH is 2. The third-order valence-corrected chi connectivity index (χ3v) is 2.91. The lowest BCUT2D eigenvalue weighted by Crippen LogP contribution is -2.37. The van der Waals surface area contributed by atoms with Crippen molar-refractivity contribution in [3.8, 4) is 0 Å². The second-order valence-corrected chi connectivity index (χ2v) is 4.52. The molecule has 0 amide bonds. The molecule has 0 bridgehead atoms. The minimum atomic E-state index is -0.962. The molecule has 4 atom stereocenters. The Labute approximate surface area is 112 Å². The van der Waals surface area contributed by atoms with Gasteiger partial charge in [0, 0.05) is 6.42 Å². The molecule has 19 heavy (non-hydrogen) atoms. The number of ketones is 1. The highest BCUT2D eigenvalue weighted by atomic mass is 16.7. The molecule has 8 heteroatoms. The summed E-state index contributed by atoms with van der Waals surface area (Å²) < 4.78 is 15.3. The average Bonchev–Trinajstić information content (AvgIpc) is 2.63. The van der Waals surface area contributed by atoms with Crippen molar-refractivity contribution in [3.63, 3.8) is 0 Å². The van der Waals surface area contributed by atoms with Gasteiger partial charge in [-0.3, -0.25) is 4.79 Å². The van der Waals surface area contributed by atoms with Crippen LogP contribution in [0.25, 0.3) is 0 Å². The van der Waals surface area contributed by atoms with Gasteiger partial charge in [-0.1, -0.05) is 0 Å². The molecule has 1 heterocycles. The molecular weight excluding hydrogens is 255 g/mol. The molecule has 2 unspecified atom stereocenters. The average molecular weight is 274 g/mol. The van der Waals surface area contributed by atoms with Gasteiger partial charge in [-0.25, -0.2) is 0 Å². The summed E-state index contributed by atoms with van der Waals surface area (Å²) in [4.78, 5) is 21.9. The van der Waals surface area contributed by atoms with Crippen LogP contribution in [0.1, 0.15) is 19.8 Å². The molecule has 0 aromatic rings. The van der Waals surface area contributed by atoms with Crippen LogP contribution in [0, 0.1) is 0 Å². The number of ether oxygens (including phenoxy) is 3. The van der Waals surface area contributed by atoms with Gasteiger partial charge < -0.3 is 29.2 Å². The first-order chi connectivity index (χ1) is 8.95. The van der Waals surface area contributed by atoms with Gasteiger partial charge in [0.05, 0.1) is 19.0 Å². The van der Waals surface area contributed by atoms with Crippen LogP contribution in [0.3, 0.4) is 0 Å². The summed E-state index contributed by atoms with van der Waals surface area (Å²) in [6.45, 7) is 0.779. The number of carbonyl (C=O) groups excluding carboxylic acids is 2. The van der Waals surface area contributed by atoms with Crippen LogP contribution in [0.15, 0.2) is 0 Å². The van der Waals surface area contributed by atoms with Crippen LogP contribution in [0.5, 0.6) is 0 Å². The Morgan fingerprint density at radius 3 is 2.58 bits per heavy atom. The Morgan fingerprint density at radius 2 is 2.05 bits per heavy atom. The van der Waals surface area contributed by atoms with Crippen LogP contribution in [-0.2, 0) is 23.8 Å². The highest BCUT2D eigenvalue weighted by Crippen LogP contribution is 2.21. The van der Waals surface area contributed by atoms with Gasteiger partial charge in [-0.2, -0.15) is 0 Å². The topological polar surface area (TPSA) is 102 Å². The standard InChI is InChI=1S/C11H19BO7/c1-6(14)2-3-8(15)17-5-18-10-9(16)7(4-13)19-11(10)12/h7,9-11,13,16H,2-5,12H2,1H3/t7-,9?,10?,11-/m1/s1. The zero-order valence-electron chi connectivity index (χ0n) is 11.1. The van der Waals surface area contributed by atoms with E-state index in [2.05, 4.69) is 0 Å². The predicted octanol–water partition coefficient (Wildman–Crippen LogP) is -2.05. The highest BCUT2D eigenvalue weighted by molar-refractivity contribution is 6.11. The van der Waals surface area contributed by atoms with Gasteiger partial charge in [0.2, 0.25) is 0 Å². The summed E-state index contributed by atoms with van der Waals surface area (Å²) in [6, 6.07) is -0.400. The van der Waals surface area contributed by atoms with E-state index in [1.54, 1.807) is 7.85 Å². The number of esters is 1. The zero-order chi connectivity index (χ0) is 14.4. The van der Waals surface area contributed by atoms with E-state index >= 15 is 0 Å². The monoisotopic (exact) mass is 274 g/mol. The van der Waals surface area contributed by atoms with Gasteiger partial charge in [0.25, 0.3) is 0 Å². The summed E-state index contributed by atoms with van der Waals surface area (Å²) in [5, 5.41) is 18.7. The van der Waals surface area contributed by atoms with Crippen LogP contribution in [0.4, 0.5) is 0 Å². The molecule has 1 fully saturated rings. The molecule has 108 valence electrons. The third kappa shape index (κ3) is 4.91. The molecule has 7 nitrogen and oxygen atoms in total. The van der Waals surface area contributed by atoms with Crippen LogP contribution >= 0.6 is 0 Å². The molecule has 0 spiro atoms. The fraction of sp³-hybridized carbons (Fsp3) is 0.818. The smallest absolute Gasteiger partial charge is 0.308 e. The van der Waals surface area contributed by atoms with Crippen molar-refractivity contribution in [2.45, 2.75) is 44.1 Å². The van der Waals surface area contributed by atoms with Crippen molar-refractivity contribution < 1.29 is 34.0 Å². The van der Waals surface area contributed by atoms with E-state index in [1.807, 2.05) is 0 Å². The maximum atomic E-state index is 11.2. The Kier molecular flexibility index (Phi) is 6.43. The number of hydrogen-bond acceptors (Lipinski definition) is 7. The van der Waals surface area contributed by atoms with Gasteiger partial charge in [0.1, 0.15) is 31.9 Å². The summed E-state index contributed by atoms with van der Waals surface area (Å²) >= 11 is 0. The molecule has 1 rings (SSSR count). The van der Waals surface area contributed by atoms with E-state index in [1.165, 1.54) is 6.92 Å². The first-order valence-corrected chi connectivity index (χ1v) is 6.16. The first-order valence-electron chi connectivity index (χ1n) is 6.16. The molecule has 1 aliphatic rings. The van der Waals surface area contributed by atoms with Crippen molar-refractivity contribution >= 4 is 19.6 Å². The van der Waals surface area contributed by atoms with E-state index in [0.717, 1.165) is 0 Å². The number of rotatable bonds is 7. The lowest BCUT2D eigenvalue weighted by molar-refractivity contribution is -0.166. The maximum absolute atomic E-state index is 11.2. The van der Waals surface area contributed by atoms with E-state index in [0.29, 0.717) is 0 Å². The molecular formula is C11H19BO7. The Hall–Kier alpha value is -0.955. The second kappa shape index (κ2) is 7.59. The van der Waals surface area contributed by atoms with Crippen molar-refractivity contribution in [2.75, 3.05) is 13.4 Å². The maximum Gasteiger partial charge on any atom is 0.308 e. The van der Waals surface area contributed by atoms with Crippen molar-refractivity contribution in [2.24, 2.45) is 0 Å². The SMILES string of the molecule is B[C@@H]1O[C@H](CO)C(O)C1OCOC(=O)CCC(C)=O. The summed E-state index contributed by atoms with van der Waals surface area (Å²) in [5.74, 6) is -0.619. The Morgan fingerprint density at radius 1 is 1.37 bits per heavy atom. The third-order valence-electron chi connectivity index (χ3n) is 2.91. The highest BCUT2D eigenvalue weighted by Gasteiger charge is 2.41. The minimum absolute atomic E-state index is 0.0111. The van der Waals surface area contributed by atoms with Gasteiger partial charge in [-0.15, -0.1) is 0 Å². The van der Waals surface area contributed by atoms with Gasteiger partial charge >= 0.3 is 5.97 Å².